The molecule has 1 saturated heterocycles. The average Bonchev–Trinajstić information content (AvgIpc) is 2.78. The van der Waals surface area contributed by atoms with Gasteiger partial charge in [-0.3, -0.25) is 4.79 Å². The first kappa shape index (κ1) is 26.0. The van der Waals surface area contributed by atoms with Gasteiger partial charge < -0.3 is 9.33 Å². The molecule has 0 unspecified atom stereocenters. The molecule has 1 amide bonds. The lowest BCUT2D eigenvalue weighted by Crippen LogP contribution is -2.53. The predicted octanol–water partition coefficient (Wildman–Crippen LogP) is 7.20. The molecular formula is C28H40ClNO2Si. The molecule has 3 rings (SSSR count). The van der Waals surface area contributed by atoms with Crippen LogP contribution in [-0.4, -0.2) is 38.8 Å². The first-order valence-corrected chi connectivity index (χ1v) is 15.3. The number of carbonyl (C=O) groups excluding carboxylic acids is 1. The van der Waals surface area contributed by atoms with Gasteiger partial charge in [-0.05, 0) is 68.1 Å². The van der Waals surface area contributed by atoms with Crippen LogP contribution in [0.4, 0.5) is 0 Å². The Labute approximate surface area is 206 Å². The van der Waals surface area contributed by atoms with Gasteiger partial charge in [0, 0.05) is 30.1 Å². The van der Waals surface area contributed by atoms with Gasteiger partial charge in [0.25, 0.3) is 0 Å². The van der Waals surface area contributed by atoms with Crippen LogP contribution in [0.2, 0.25) is 23.2 Å². The zero-order valence-corrected chi connectivity index (χ0v) is 23.1. The summed E-state index contributed by atoms with van der Waals surface area (Å²) in [4.78, 5) is 15.6. The minimum Gasteiger partial charge on any atom is -0.416 e. The quantitative estimate of drug-likeness (QED) is 0.405. The van der Waals surface area contributed by atoms with Gasteiger partial charge in [-0.25, -0.2) is 0 Å². The van der Waals surface area contributed by atoms with Crippen LogP contribution in [0.15, 0.2) is 54.6 Å². The van der Waals surface area contributed by atoms with Gasteiger partial charge in [0.2, 0.25) is 5.91 Å². The Morgan fingerprint density at radius 3 is 2.03 bits per heavy atom. The number of hydrogen-bond acceptors (Lipinski definition) is 2. The van der Waals surface area contributed by atoms with E-state index in [0.717, 1.165) is 38.1 Å². The summed E-state index contributed by atoms with van der Waals surface area (Å²) < 4.78 is 6.76. The minimum absolute atomic E-state index is 0.0576. The molecule has 33 heavy (non-hydrogen) atoms. The topological polar surface area (TPSA) is 29.5 Å². The Balaban J connectivity index is 1.79. The molecule has 0 N–H and O–H groups in total. The SMILES string of the molecule is CC(C)(C(=O)N1CCC(CO[Si](C)(C)C(C)(C)C)(c2ccccc2)CC1)c1ccc(Cl)cc1. The third-order valence-electron chi connectivity index (χ3n) is 8.01. The highest BCUT2D eigenvalue weighted by molar-refractivity contribution is 6.74. The standard InChI is InChI=1S/C28H40ClNO2Si/c1-26(2,3)33(6,7)32-21-28(23-11-9-8-10-12-23)17-19-30(20-18-28)25(31)27(4,5)22-13-15-24(29)16-14-22/h8-16H,17-21H2,1-7H3. The van der Waals surface area contributed by atoms with Gasteiger partial charge in [0.15, 0.2) is 8.32 Å². The van der Waals surface area contributed by atoms with Crippen LogP contribution in [0.5, 0.6) is 0 Å². The molecule has 1 fully saturated rings. The van der Waals surface area contributed by atoms with E-state index in [0.29, 0.717) is 5.02 Å². The molecule has 1 heterocycles. The lowest BCUT2D eigenvalue weighted by molar-refractivity contribution is -0.138. The van der Waals surface area contributed by atoms with Crippen molar-refractivity contribution in [2.45, 2.75) is 76.4 Å². The van der Waals surface area contributed by atoms with Crippen molar-refractivity contribution in [3.63, 3.8) is 0 Å². The van der Waals surface area contributed by atoms with Crippen molar-refractivity contribution in [1.29, 1.82) is 0 Å². The number of amides is 1. The summed E-state index contributed by atoms with van der Waals surface area (Å²) in [6.07, 6.45) is 1.82. The van der Waals surface area contributed by atoms with Crippen molar-refractivity contribution in [3.8, 4) is 0 Å². The zero-order valence-electron chi connectivity index (χ0n) is 21.4. The van der Waals surface area contributed by atoms with Gasteiger partial charge >= 0.3 is 0 Å². The normalized spacial score (nSPS) is 17.2. The van der Waals surface area contributed by atoms with Crippen molar-refractivity contribution in [2.75, 3.05) is 19.7 Å². The van der Waals surface area contributed by atoms with E-state index in [1.54, 1.807) is 0 Å². The second-order valence-electron chi connectivity index (χ2n) is 11.6. The number of likely N-dealkylation sites (tertiary alicyclic amines) is 1. The predicted molar refractivity (Wildman–Crippen MR) is 142 cm³/mol. The monoisotopic (exact) mass is 485 g/mol. The van der Waals surface area contributed by atoms with Crippen molar-refractivity contribution in [1.82, 2.24) is 4.90 Å². The highest BCUT2D eigenvalue weighted by Crippen LogP contribution is 2.42. The van der Waals surface area contributed by atoms with Crippen molar-refractivity contribution < 1.29 is 9.22 Å². The molecule has 5 heteroatoms. The number of carbonyl (C=O) groups is 1. The molecule has 0 bridgehead atoms. The fraction of sp³-hybridized carbons (Fsp3) is 0.536. The van der Waals surface area contributed by atoms with Crippen LogP contribution in [0.25, 0.3) is 0 Å². The number of piperidine rings is 1. The van der Waals surface area contributed by atoms with E-state index in [1.807, 2.05) is 43.0 Å². The molecule has 0 radical (unpaired) electrons. The minimum atomic E-state index is -1.88. The molecule has 0 spiro atoms. The maximum absolute atomic E-state index is 13.6. The Kier molecular flexibility index (Phi) is 7.53. The van der Waals surface area contributed by atoms with Crippen LogP contribution >= 0.6 is 11.6 Å². The molecule has 1 aliphatic heterocycles. The molecular weight excluding hydrogens is 446 g/mol. The third-order valence-corrected chi connectivity index (χ3v) is 12.7. The Bertz CT molecular complexity index is 940. The number of rotatable bonds is 6. The molecule has 1 aliphatic rings. The lowest BCUT2D eigenvalue weighted by Gasteiger charge is -2.46. The fourth-order valence-electron chi connectivity index (χ4n) is 4.37. The molecule has 0 saturated carbocycles. The van der Waals surface area contributed by atoms with E-state index >= 15 is 0 Å². The zero-order chi connectivity index (χ0) is 24.5. The van der Waals surface area contributed by atoms with Crippen LogP contribution in [0.3, 0.4) is 0 Å². The second-order valence-corrected chi connectivity index (χ2v) is 16.9. The van der Waals surface area contributed by atoms with Gasteiger partial charge in [-0.1, -0.05) is 74.8 Å². The van der Waals surface area contributed by atoms with E-state index in [-0.39, 0.29) is 16.4 Å². The summed E-state index contributed by atoms with van der Waals surface area (Å²) in [6, 6.07) is 18.4. The van der Waals surface area contributed by atoms with E-state index in [2.05, 4.69) is 64.2 Å². The molecule has 0 aliphatic carbocycles. The van der Waals surface area contributed by atoms with E-state index in [9.17, 15) is 4.79 Å². The van der Waals surface area contributed by atoms with Crippen LogP contribution in [0, 0.1) is 0 Å². The van der Waals surface area contributed by atoms with Crippen molar-refractivity contribution in [2.24, 2.45) is 0 Å². The summed E-state index contributed by atoms with van der Waals surface area (Å²) in [5.74, 6) is 0.178. The summed E-state index contributed by atoms with van der Waals surface area (Å²) in [7, 11) is -1.88. The average molecular weight is 486 g/mol. The van der Waals surface area contributed by atoms with Gasteiger partial charge in [-0.15, -0.1) is 0 Å². The highest BCUT2D eigenvalue weighted by atomic mass is 35.5. The molecule has 3 nitrogen and oxygen atoms in total. The van der Waals surface area contributed by atoms with E-state index < -0.39 is 13.7 Å². The smallest absolute Gasteiger partial charge is 0.232 e. The van der Waals surface area contributed by atoms with Crippen LogP contribution < -0.4 is 0 Å². The first-order chi connectivity index (χ1) is 15.3. The summed E-state index contributed by atoms with van der Waals surface area (Å²) >= 11 is 6.07. The molecule has 0 atom stereocenters. The molecule has 180 valence electrons. The number of nitrogens with zero attached hydrogens (tertiary/aromatic N) is 1. The van der Waals surface area contributed by atoms with Crippen LogP contribution in [-0.2, 0) is 20.1 Å². The summed E-state index contributed by atoms with van der Waals surface area (Å²) in [5.41, 5.74) is 1.68. The Morgan fingerprint density at radius 2 is 1.52 bits per heavy atom. The first-order valence-electron chi connectivity index (χ1n) is 12.0. The Hall–Kier alpha value is -1.62. The number of halogens is 1. The molecule has 0 aromatic heterocycles. The summed E-state index contributed by atoms with van der Waals surface area (Å²) in [5, 5.41) is 0.860. The van der Waals surface area contributed by atoms with E-state index in [4.69, 9.17) is 16.0 Å². The van der Waals surface area contributed by atoms with Crippen LogP contribution in [0.1, 0.15) is 58.6 Å². The third kappa shape index (κ3) is 5.55. The molecule has 2 aromatic rings. The fourth-order valence-corrected chi connectivity index (χ4v) is 5.56. The second kappa shape index (κ2) is 9.56. The maximum Gasteiger partial charge on any atom is 0.232 e. The number of benzene rings is 2. The maximum atomic E-state index is 13.6. The Morgan fingerprint density at radius 1 is 0.970 bits per heavy atom. The van der Waals surface area contributed by atoms with Gasteiger partial charge in [0.1, 0.15) is 0 Å². The molecule has 2 aromatic carbocycles. The van der Waals surface area contributed by atoms with Gasteiger partial charge in [0.05, 0.1) is 5.41 Å². The lowest BCUT2D eigenvalue weighted by atomic mass is 9.72. The van der Waals surface area contributed by atoms with E-state index in [1.165, 1.54) is 5.56 Å². The largest absolute Gasteiger partial charge is 0.416 e. The highest BCUT2D eigenvalue weighted by Gasteiger charge is 2.44. The van der Waals surface area contributed by atoms with Crippen molar-refractivity contribution >= 4 is 25.8 Å². The van der Waals surface area contributed by atoms with Gasteiger partial charge in [-0.2, -0.15) is 0 Å². The summed E-state index contributed by atoms with van der Waals surface area (Å²) in [6.45, 7) is 17.7. The van der Waals surface area contributed by atoms with Crippen molar-refractivity contribution in [3.05, 3.63) is 70.7 Å². The number of hydrogen-bond donors (Lipinski definition) is 0.